The lowest BCUT2D eigenvalue weighted by molar-refractivity contribution is 0.0161. The highest BCUT2D eigenvalue weighted by Gasteiger charge is 2.30. The minimum absolute atomic E-state index is 0.0325. The maximum atomic E-state index is 12.9. The first kappa shape index (κ1) is 16.5. The third-order valence-corrected chi connectivity index (χ3v) is 4.29. The van der Waals surface area contributed by atoms with Gasteiger partial charge in [-0.2, -0.15) is 0 Å². The van der Waals surface area contributed by atoms with Gasteiger partial charge in [0.05, 0.1) is 11.7 Å². The van der Waals surface area contributed by atoms with Crippen LogP contribution in [0.3, 0.4) is 0 Å². The molecule has 1 heterocycles. The topological polar surface area (TPSA) is 64.8 Å². The van der Waals surface area contributed by atoms with E-state index >= 15 is 0 Å². The summed E-state index contributed by atoms with van der Waals surface area (Å²) in [5, 5.41) is 0. The summed E-state index contributed by atoms with van der Waals surface area (Å²) < 4.78 is 11.3. The van der Waals surface area contributed by atoms with Crippen molar-refractivity contribution in [2.45, 2.75) is 18.6 Å². The van der Waals surface area contributed by atoms with Gasteiger partial charge >= 0.3 is 0 Å². The Balaban J connectivity index is 1.80. The van der Waals surface area contributed by atoms with Crippen molar-refractivity contribution >= 4 is 5.91 Å². The molecule has 0 bridgehead atoms. The van der Waals surface area contributed by atoms with Gasteiger partial charge < -0.3 is 20.1 Å². The highest BCUT2D eigenvalue weighted by Crippen LogP contribution is 2.27. The van der Waals surface area contributed by atoms with Crippen LogP contribution in [0.15, 0.2) is 54.6 Å². The Morgan fingerprint density at radius 3 is 2.58 bits per heavy atom. The van der Waals surface area contributed by atoms with Crippen molar-refractivity contribution < 1.29 is 14.3 Å². The lowest BCUT2D eigenvalue weighted by Gasteiger charge is -2.36. The van der Waals surface area contributed by atoms with E-state index in [0.717, 1.165) is 6.42 Å². The van der Waals surface area contributed by atoms with Crippen molar-refractivity contribution in [3.05, 3.63) is 60.2 Å². The molecule has 0 aliphatic carbocycles. The van der Waals surface area contributed by atoms with Gasteiger partial charge in [0.15, 0.2) is 0 Å². The fourth-order valence-corrected chi connectivity index (χ4v) is 2.89. The molecule has 0 saturated carbocycles. The molecule has 5 heteroatoms. The van der Waals surface area contributed by atoms with E-state index in [0.29, 0.717) is 30.2 Å². The van der Waals surface area contributed by atoms with E-state index in [9.17, 15) is 4.79 Å². The van der Waals surface area contributed by atoms with Gasteiger partial charge in [-0.15, -0.1) is 0 Å². The van der Waals surface area contributed by atoms with Crippen LogP contribution in [0.4, 0.5) is 0 Å². The Labute approximate surface area is 142 Å². The normalized spacial score (nSPS) is 20.7. The summed E-state index contributed by atoms with van der Waals surface area (Å²) in [5.41, 5.74) is 6.58. The number of para-hydroxylation sites is 2. The van der Waals surface area contributed by atoms with E-state index in [4.69, 9.17) is 15.2 Å². The van der Waals surface area contributed by atoms with Crippen LogP contribution in [-0.2, 0) is 4.74 Å². The van der Waals surface area contributed by atoms with Crippen LogP contribution in [0.25, 0.3) is 0 Å². The molecule has 126 valence electrons. The van der Waals surface area contributed by atoms with Crippen molar-refractivity contribution in [1.29, 1.82) is 0 Å². The molecule has 2 aromatic carbocycles. The molecule has 2 atom stereocenters. The zero-order chi connectivity index (χ0) is 16.9. The third-order valence-electron chi connectivity index (χ3n) is 4.29. The number of methoxy groups -OCH3 is 1. The van der Waals surface area contributed by atoms with E-state index in [-0.39, 0.29) is 18.1 Å². The van der Waals surface area contributed by atoms with E-state index < -0.39 is 0 Å². The molecule has 24 heavy (non-hydrogen) atoms. The number of nitrogens with zero attached hydrogens (tertiary/aromatic N) is 1. The van der Waals surface area contributed by atoms with E-state index in [2.05, 4.69) is 0 Å². The number of carbonyl (C=O) groups is 1. The molecule has 0 unspecified atom stereocenters. The lowest BCUT2D eigenvalue weighted by Crippen LogP contribution is -2.53. The average molecular weight is 326 g/mol. The number of carbonyl (C=O) groups excluding carboxylic acids is 1. The molecule has 1 saturated heterocycles. The van der Waals surface area contributed by atoms with Gasteiger partial charge in [-0.1, -0.05) is 30.3 Å². The monoisotopic (exact) mass is 326 g/mol. The van der Waals surface area contributed by atoms with Crippen molar-refractivity contribution in [3.8, 4) is 11.5 Å². The van der Waals surface area contributed by atoms with Gasteiger partial charge in [0, 0.05) is 26.2 Å². The SMILES string of the molecule is CO[C@H]1CN(C(=O)c2ccccc2Oc2ccccc2)CC[C@H]1N. The van der Waals surface area contributed by atoms with E-state index in [1.54, 1.807) is 18.1 Å². The molecular formula is C19H22N2O3. The maximum Gasteiger partial charge on any atom is 0.257 e. The van der Waals surface area contributed by atoms with E-state index in [1.165, 1.54) is 0 Å². The van der Waals surface area contributed by atoms with Crippen LogP contribution in [0.1, 0.15) is 16.8 Å². The fraction of sp³-hybridized carbons (Fsp3) is 0.316. The first-order chi connectivity index (χ1) is 11.7. The molecule has 1 aliphatic heterocycles. The number of nitrogens with two attached hydrogens (primary N) is 1. The number of piperidine rings is 1. The van der Waals surface area contributed by atoms with Crippen molar-refractivity contribution in [2.24, 2.45) is 5.73 Å². The Hall–Kier alpha value is -2.37. The van der Waals surface area contributed by atoms with Crippen LogP contribution in [-0.4, -0.2) is 43.2 Å². The van der Waals surface area contributed by atoms with Crippen LogP contribution in [0, 0.1) is 0 Å². The highest BCUT2D eigenvalue weighted by molar-refractivity contribution is 5.97. The molecule has 0 radical (unpaired) electrons. The van der Waals surface area contributed by atoms with Crippen LogP contribution < -0.4 is 10.5 Å². The predicted molar refractivity (Wildman–Crippen MR) is 92.3 cm³/mol. The molecular weight excluding hydrogens is 304 g/mol. The number of hydrogen-bond acceptors (Lipinski definition) is 4. The van der Waals surface area contributed by atoms with Gasteiger partial charge in [0.2, 0.25) is 0 Å². The second-order valence-corrected chi connectivity index (χ2v) is 5.89. The lowest BCUT2D eigenvalue weighted by atomic mass is 10.0. The Morgan fingerprint density at radius 2 is 1.83 bits per heavy atom. The summed E-state index contributed by atoms with van der Waals surface area (Å²) in [6.45, 7) is 1.12. The smallest absolute Gasteiger partial charge is 0.257 e. The summed E-state index contributed by atoms with van der Waals surface area (Å²) in [6.07, 6.45) is 0.594. The van der Waals surface area contributed by atoms with E-state index in [1.807, 2.05) is 48.5 Å². The molecule has 0 spiro atoms. The van der Waals surface area contributed by atoms with Crippen molar-refractivity contribution in [1.82, 2.24) is 4.90 Å². The molecule has 2 aromatic rings. The number of rotatable bonds is 4. The van der Waals surface area contributed by atoms with Gasteiger partial charge in [-0.25, -0.2) is 0 Å². The molecule has 3 rings (SSSR count). The minimum Gasteiger partial charge on any atom is -0.457 e. The van der Waals surface area contributed by atoms with Gasteiger partial charge in [0.25, 0.3) is 5.91 Å². The first-order valence-electron chi connectivity index (χ1n) is 8.08. The maximum absolute atomic E-state index is 12.9. The largest absolute Gasteiger partial charge is 0.457 e. The molecule has 5 nitrogen and oxygen atoms in total. The van der Waals surface area contributed by atoms with Crippen LogP contribution in [0.5, 0.6) is 11.5 Å². The summed E-state index contributed by atoms with van der Waals surface area (Å²) >= 11 is 0. The summed E-state index contributed by atoms with van der Waals surface area (Å²) in [5.74, 6) is 1.20. The molecule has 1 aliphatic rings. The van der Waals surface area contributed by atoms with Gasteiger partial charge in [0.1, 0.15) is 11.5 Å². The first-order valence-corrected chi connectivity index (χ1v) is 8.08. The Bertz CT molecular complexity index is 690. The Kier molecular flexibility index (Phi) is 5.13. The third kappa shape index (κ3) is 3.58. The fourth-order valence-electron chi connectivity index (χ4n) is 2.89. The average Bonchev–Trinajstić information content (AvgIpc) is 2.63. The minimum atomic E-state index is -0.134. The molecule has 1 amide bonds. The number of amides is 1. The van der Waals surface area contributed by atoms with Gasteiger partial charge in [-0.3, -0.25) is 4.79 Å². The number of hydrogen-bond donors (Lipinski definition) is 1. The summed E-state index contributed by atoms with van der Waals surface area (Å²) in [4.78, 5) is 14.7. The quantitative estimate of drug-likeness (QED) is 0.938. The zero-order valence-electron chi connectivity index (χ0n) is 13.7. The second-order valence-electron chi connectivity index (χ2n) is 5.89. The standard InChI is InChI=1S/C19H22N2O3/c1-23-18-13-21(12-11-16(18)20)19(22)15-9-5-6-10-17(15)24-14-7-3-2-4-8-14/h2-10,16,18H,11-13,20H2,1H3/t16-,18+/m1/s1. The predicted octanol–water partition coefficient (Wildman–Crippen LogP) is 2.67. The second kappa shape index (κ2) is 7.47. The number of ether oxygens (including phenoxy) is 2. The summed E-state index contributed by atoms with van der Waals surface area (Å²) in [6, 6.07) is 16.7. The summed E-state index contributed by atoms with van der Waals surface area (Å²) in [7, 11) is 1.63. The Morgan fingerprint density at radius 1 is 1.12 bits per heavy atom. The highest BCUT2D eigenvalue weighted by atomic mass is 16.5. The molecule has 1 fully saturated rings. The van der Waals surface area contributed by atoms with Crippen LogP contribution in [0.2, 0.25) is 0 Å². The zero-order valence-corrected chi connectivity index (χ0v) is 13.7. The number of benzene rings is 2. The number of likely N-dealkylation sites (tertiary alicyclic amines) is 1. The van der Waals surface area contributed by atoms with Crippen molar-refractivity contribution in [2.75, 3.05) is 20.2 Å². The van der Waals surface area contributed by atoms with Crippen molar-refractivity contribution in [3.63, 3.8) is 0 Å². The molecule has 0 aromatic heterocycles. The van der Waals surface area contributed by atoms with Crippen LogP contribution >= 0.6 is 0 Å². The molecule has 2 N–H and O–H groups in total. The van der Waals surface area contributed by atoms with Gasteiger partial charge in [-0.05, 0) is 30.7 Å².